The first-order chi connectivity index (χ1) is 60.3. The van der Waals surface area contributed by atoms with Gasteiger partial charge in [0.2, 0.25) is 59.1 Å². The van der Waals surface area contributed by atoms with E-state index >= 15 is 0 Å². The lowest BCUT2D eigenvalue weighted by atomic mass is 10.0. The summed E-state index contributed by atoms with van der Waals surface area (Å²) in [7, 11) is 2.17. The van der Waals surface area contributed by atoms with Crippen LogP contribution in [-0.4, -0.2) is 361 Å². The van der Waals surface area contributed by atoms with Gasteiger partial charge in [-0.3, -0.25) is 125 Å². The van der Waals surface area contributed by atoms with Crippen molar-refractivity contribution in [3.05, 3.63) is 0 Å². The average Bonchev–Trinajstić information content (AvgIpc) is 0.856. The first-order valence-electron chi connectivity index (χ1n) is 40.4. The third-order valence-electron chi connectivity index (χ3n) is 17.7. The normalized spacial score (nSPS) is 12.9. The highest BCUT2D eigenvalue weighted by molar-refractivity contribution is 8.76. The number of nitrogens with zero attached hydrogens (tertiary/aromatic N) is 3. The number of guanidine groups is 8. The van der Waals surface area contributed by atoms with Crippen molar-refractivity contribution in [1.82, 2.24) is 110 Å². The topological polar surface area (TPSA) is 982 Å². The molecular weight excluding hydrogens is 1730 g/mol. The molecule has 128 heavy (non-hydrogen) atoms. The van der Waals surface area contributed by atoms with Crippen LogP contribution in [0, 0.1) is 43.3 Å². The van der Waals surface area contributed by atoms with E-state index in [2.05, 4.69) is 95.7 Å². The zero-order chi connectivity index (χ0) is 96.8. The molecule has 724 valence electrons. The highest BCUT2D eigenvalue weighted by Gasteiger charge is 2.36. The van der Waals surface area contributed by atoms with E-state index in [9.17, 15) is 97.5 Å². The molecule has 0 rings (SSSR count). The molecule has 0 aromatic heterocycles. The predicted molar refractivity (Wildman–Crippen MR) is 472 cm³/mol. The minimum atomic E-state index is -1.66. The van der Waals surface area contributed by atoms with Crippen molar-refractivity contribution in [1.29, 1.82) is 43.3 Å². The van der Waals surface area contributed by atoms with E-state index in [4.69, 9.17) is 89.1 Å². The molecule has 59 heteroatoms. The van der Waals surface area contributed by atoms with Crippen LogP contribution in [0.25, 0.3) is 0 Å². The number of carbonyl (C=O) groups is 15. The Morgan fingerprint density at radius 2 is 0.469 bits per heavy atom. The molecule has 0 unspecified atom stereocenters. The summed E-state index contributed by atoms with van der Waals surface area (Å²) in [5.41, 5.74) is 44.1. The molecule has 0 spiro atoms. The molecule has 0 aromatic rings. The Labute approximate surface area is 745 Å². The summed E-state index contributed by atoms with van der Waals surface area (Å²) < 4.78 is 0. The number of carboxylic acids is 5. The molecular formula is C69H131N37O20S2. The number of nitrogens with two attached hydrogens (primary N) is 8. The van der Waals surface area contributed by atoms with Gasteiger partial charge in [0.1, 0.15) is 54.4 Å². The van der Waals surface area contributed by atoms with Gasteiger partial charge in [-0.2, -0.15) is 0 Å². The summed E-state index contributed by atoms with van der Waals surface area (Å²) in [6.45, 7) is -2.88. The Morgan fingerprint density at radius 1 is 0.266 bits per heavy atom. The van der Waals surface area contributed by atoms with Gasteiger partial charge < -0.3 is 167 Å². The highest BCUT2D eigenvalue weighted by atomic mass is 33.1. The lowest BCUT2D eigenvalue weighted by Gasteiger charge is -2.28. The number of hydrogen-bond acceptors (Lipinski definition) is 28. The monoisotopic (exact) mass is 1860 g/mol. The molecule has 0 saturated heterocycles. The second-order valence-electron chi connectivity index (χ2n) is 28.7. The Hall–Kier alpha value is -13.2. The van der Waals surface area contributed by atoms with Crippen molar-refractivity contribution in [3.63, 3.8) is 0 Å². The van der Waals surface area contributed by atoms with E-state index < -0.39 is 218 Å². The van der Waals surface area contributed by atoms with E-state index in [-0.39, 0.29) is 205 Å². The molecule has 0 saturated carbocycles. The summed E-state index contributed by atoms with van der Waals surface area (Å²) in [6.07, 6.45) is -1.94. The first kappa shape index (κ1) is 115. The van der Waals surface area contributed by atoms with Gasteiger partial charge in [-0.1, -0.05) is 21.6 Å². The molecule has 0 aliphatic rings. The molecule has 57 nitrogen and oxygen atoms in total. The molecule has 0 aliphatic heterocycles. The van der Waals surface area contributed by atoms with Crippen LogP contribution in [0.3, 0.4) is 0 Å². The maximum atomic E-state index is 15.0. The Balaban J connectivity index is 7.56. The number of amides is 10. The van der Waals surface area contributed by atoms with Crippen LogP contribution in [0.15, 0.2) is 0 Å². The van der Waals surface area contributed by atoms with E-state index in [1.807, 2.05) is 0 Å². The van der Waals surface area contributed by atoms with Gasteiger partial charge in [0.05, 0.1) is 32.7 Å². The smallest absolute Gasteiger partial charge is 0.326 e. The minimum Gasteiger partial charge on any atom is -0.480 e. The van der Waals surface area contributed by atoms with Crippen molar-refractivity contribution < 1.29 is 97.5 Å². The molecule has 0 aromatic carbocycles. The molecule has 0 bridgehead atoms. The van der Waals surface area contributed by atoms with E-state index in [0.29, 0.717) is 0 Å². The Bertz CT molecular complexity index is 3690. The number of nitrogens with one attached hydrogen (secondary N) is 26. The van der Waals surface area contributed by atoms with Crippen molar-refractivity contribution >= 4 is 158 Å². The second kappa shape index (κ2) is 66.3. The molecule has 47 N–H and O–H groups in total. The third-order valence-corrected chi connectivity index (χ3v) is 20.1. The number of rotatable bonds is 72. The predicted octanol–water partition coefficient (Wildman–Crippen LogP) is -12.7. The van der Waals surface area contributed by atoms with Gasteiger partial charge in [0, 0.05) is 104 Å². The van der Waals surface area contributed by atoms with Crippen LogP contribution in [0.2, 0.25) is 0 Å². The van der Waals surface area contributed by atoms with Crippen LogP contribution in [0.4, 0.5) is 0 Å². The van der Waals surface area contributed by atoms with Gasteiger partial charge in [0.25, 0.3) is 0 Å². The number of hydrogen-bond donors (Lipinski definition) is 39. The molecule has 10 amide bonds. The summed E-state index contributed by atoms with van der Waals surface area (Å²) >= 11 is 0. The summed E-state index contributed by atoms with van der Waals surface area (Å²) in [4.78, 5) is 205. The van der Waals surface area contributed by atoms with E-state index in [0.717, 1.165) is 33.4 Å². The van der Waals surface area contributed by atoms with Crippen LogP contribution in [0.5, 0.6) is 0 Å². The summed E-state index contributed by atoms with van der Waals surface area (Å²) in [6, 6.07) is -14.1. The van der Waals surface area contributed by atoms with Crippen LogP contribution < -0.4 is 142 Å². The lowest BCUT2D eigenvalue weighted by Crippen LogP contribution is -2.60. The summed E-state index contributed by atoms with van der Waals surface area (Å²) in [5.74, 6) is -19.8. The Kier molecular flexibility index (Phi) is 59.4. The Morgan fingerprint density at radius 3 is 0.688 bits per heavy atom. The molecule has 0 aliphatic carbocycles. The first-order valence-corrected chi connectivity index (χ1v) is 42.9. The van der Waals surface area contributed by atoms with Crippen molar-refractivity contribution in [2.24, 2.45) is 45.9 Å². The van der Waals surface area contributed by atoms with Gasteiger partial charge in [-0.05, 0) is 103 Å². The lowest BCUT2D eigenvalue weighted by molar-refractivity contribution is -0.143. The maximum absolute atomic E-state index is 15.0. The van der Waals surface area contributed by atoms with Gasteiger partial charge in [0.15, 0.2) is 47.7 Å². The van der Waals surface area contributed by atoms with Gasteiger partial charge >= 0.3 is 29.8 Å². The largest absolute Gasteiger partial charge is 0.480 e. The van der Waals surface area contributed by atoms with E-state index in [1.54, 1.807) is 0 Å². The molecule has 9 atom stereocenters. The van der Waals surface area contributed by atoms with Crippen molar-refractivity contribution in [3.8, 4) is 0 Å². The van der Waals surface area contributed by atoms with Crippen molar-refractivity contribution in [2.45, 2.75) is 164 Å². The highest BCUT2D eigenvalue weighted by Crippen LogP contribution is 2.22. The quantitative estimate of drug-likeness (QED) is 0.0116. The number of aliphatic carboxylic acids is 5. The molecule has 0 radical (unpaired) electrons. The maximum Gasteiger partial charge on any atom is 0.326 e. The van der Waals surface area contributed by atoms with Crippen molar-refractivity contribution in [2.75, 3.05) is 129 Å². The number of carboxylic acid groups (broad SMARTS) is 5. The van der Waals surface area contributed by atoms with Gasteiger partial charge in [-0.25, -0.2) is 4.79 Å². The SMILES string of the molecule is CC(=O)N[C@H](CSSCCNC(=O)CN(CCN(CCN(CC(=O)O)CC(=O)O)CC(=O)O)CC(=O)O)C(=O)N[C@@H](CCCNC(=N)N)C(=O)N[C@@H](CCCNC(=N)N)C(=O)N[C@@H](CCCNC(=N)N)C(=O)N[C@@H](CCCNC(=N)N)C(=O)N[C@@H](CCCNC(=N)N)C(=O)N[C@@H](CCCNC(=N)N)C(=O)N[C@@H](CCCNC(=N)N)C(=O)N[C@@H](CCCNC(=N)N)C(=O)O. The number of carbonyl (C=O) groups excluding carboxylic acids is 10. The fraction of sp³-hybridized carbons (Fsp3) is 0.667. The third kappa shape index (κ3) is 59.6. The van der Waals surface area contributed by atoms with Crippen LogP contribution in [0.1, 0.15) is 110 Å². The summed E-state index contributed by atoms with van der Waals surface area (Å²) in [5, 5.41) is 155. The fourth-order valence-electron chi connectivity index (χ4n) is 11.7. The standard InChI is InChI=1S/C69H131N37O20S2/c1-38(107)95-47(37-128-127-31-26-86-48(108)32-105(34-50(111)112)29-27-104(33-49(109)110)28-30-106(35-51(113)114)36-52(115)116)60(124)102-44(15-7-23-92-67(80)81)58(122)100-42(13-5-21-90-65(76)77)56(120)98-40(11-3-19-88-63(72)73)54(118)96-39(10-2-18-87-62(70)71)53(117)97-41(12-4-20-89-64(74)75)55(119)99-43(14-6-22-91-66(78)79)57(121)101-45(16-8-24-93-68(82)83)59(123)103-46(61(125)126)17-9-25-94-69(84)85/h39-47H,2-37H2,1H3,(H,86,108)(H,95,107)(H,96,118)(H,97,117)(H,98,120)(H,99,119)(H,100,122)(H,101,121)(H,102,124)(H,103,123)(H,109,110)(H,111,112)(H,113,114)(H,115,116)(H,125,126)(H4,70,71,87)(H4,72,73,88)(H4,74,75,89)(H4,76,77,90)(H4,78,79,91)(H4,80,81,92)(H4,82,83,93)(H4,84,85,94)/t39-,40-,41-,42-,43-,44-,45-,46-,47+/m0/s1. The zero-order valence-electron chi connectivity index (χ0n) is 71.3. The molecule has 0 heterocycles. The second-order valence-corrected chi connectivity index (χ2v) is 31.3. The zero-order valence-corrected chi connectivity index (χ0v) is 72.9. The average molecular weight is 1860 g/mol. The van der Waals surface area contributed by atoms with E-state index in [1.165, 1.54) is 9.80 Å². The molecule has 0 fully saturated rings. The van der Waals surface area contributed by atoms with Gasteiger partial charge in [-0.15, -0.1) is 0 Å². The van der Waals surface area contributed by atoms with Crippen LogP contribution >= 0.6 is 21.6 Å². The van der Waals surface area contributed by atoms with Crippen LogP contribution in [-0.2, 0) is 71.9 Å². The fourth-order valence-corrected chi connectivity index (χ4v) is 13.7. The minimum absolute atomic E-state index is 0.00297.